The van der Waals surface area contributed by atoms with Crippen molar-refractivity contribution in [2.24, 2.45) is 0 Å². The van der Waals surface area contributed by atoms with Crippen molar-refractivity contribution in [1.82, 2.24) is 5.32 Å². The van der Waals surface area contributed by atoms with Crippen LogP contribution >= 0.6 is 15.9 Å². The van der Waals surface area contributed by atoms with Gasteiger partial charge in [-0.15, -0.1) is 0 Å². The van der Waals surface area contributed by atoms with Crippen LogP contribution in [0.3, 0.4) is 0 Å². The van der Waals surface area contributed by atoms with Gasteiger partial charge in [-0.25, -0.2) is 0 Å². The van der Waals surface area contributed by atoms with Crippen molar-refractivity contribution < 1.29 is 4.79 Å². The molecule has 0 radical (unpaired) electrons. The van der Waals surface area contributed by atoms with Gasteiger partial charge in [0, 0.05) is 16.7 Å². The number of halogens is 1. The molecule has 2 N–H and O–H groups in total. The van der Waals surface area contributed by atoms with Crippen molar-refractivity contribution in [3.63, 3.8) is 0 Å². The summed E-state index contributed by atoms with van der Waals surface area (Å²) < 4.78 is 1.03. The molecule has 0 unspecified atom stereocenters. The molecule has 2 aliphatic rings. The van der Waals surface area contributed by atoms with E-state index in [9.17, 15) is 4.79 Å². The molecule has 1 atom stereocenters. The Bertz CT molecular complexity index is 438. The number of carbonyl (C=O) groups is 1. The van der Waals surface area contributed by atoms with Gasteiger partial charge in [-0.05, 0) is 36.7 Å². The average molecular weight is 267 g/mol. The zero-order valence-electron chi connectivity index (χ0n) is 8.14. The van der Waals surface area contributed by atoms with Crippen LogP contribution in [0.1, 0.15) is 12.0 Å². The van der Waals surface area contributed by atoms with Crippen LogP contribution in [-0.2, 0) is 10.2 Å². The number of carbonyl (C=O) groups excluding carboxylic acids is 1. The second-order valence-corrected chi connectivity index (χ2v) is 5.07. The molecule has 1 spiro atoms. The Hall–Kier alpha value is -0.870. The Morgan fingerprint density at radius 3 is 3.00 bits per heavy atom. The van der Waals surface area contributed by atoms with Crippen LogP contribution in [-0.4, -0.2) is 19.0 Å². The first kappa shape index (κ1) is 9.36. The fourth-order valence-electron chi connectivity index (χ4n) is 2.50. The number of rotatable bonds is 0. The lowest BCUT2D eigenvalue weighted by molar-refractivity contribution is -0.120. The molecule has 0 bridgehead atoms. The number of amides is 1. The maximum Gasteiger partial charge on any atom is 0.236 e. The standard InChI is InChI=1S/C11H11BrN2O/c12-7-1-2-9-8(5-7)11(10(15)14-9)3-4-13-6-11/h1-2,5,13H,3-4,6H2,(H,14,15)/t11-/m1/s1. The lowest BCUT2D eigenvalue weighted by Crippen LogP contribution is -2.36. The molecule has 0 aliphatic carbocycles. The lowest BCUT2D eigenvalue weighted by atomic mass is 9.81. The van der Waals surface area contributed by atoms with E-state index in [1.807, 2.05) is 12.1 Å². The predicted octanol–water partition coefficient (Wildman–Crippen LogP) is 1.63. The quantitative estimate of drug-likeness (QED) is 0.750. The van der Waals surface area contributed by atoms with Gasteiger partial charge in [0.15, 0.2) is 0 Å². The number of hydrogen-bond acceptors (Lipinski definition) is 2. The maximum absolute atomic E-state index is 12.0. The molecule has 4 heteroatoms. The van der Waals surface area contributed by atoms with E-state index in [1.54, 1.807) is 0 Å². The molecule has 2 heterocycles. The van der Waals surface area contributed by atoms with Crippen molar-refractivity contribution in [3.05, 3.63) is 28.2 Å². The van der Waals surface area contributed by atoms with Gasteiger partial charge < -0.3 is 10.6 Å². The summed E-state index contributed by atoms with van der Waals surface area (Å²) in [5.74, 6) is 0.139. The van der Waals surface area contributed by atoms with Gasteiger partial charge in [-0.2, -0.15) is 0 Å². The summed E-state index contributed by atoms with van der Waals surface area (Å²) in [5, 5.41) is 6.23. The third-order valence-electron chi connectivity index (χ3n) is 3.34. The van der Waals surface area contributed by atoms with Gasteiger partial charge in [-0.1, -0.05) is 15.9 Å². The summed E-state index contributed by atoms with van der Waals surface area (Å²) in [4.78, 5) is 12.0. The van der Waals surface area contributed by atoms with Crippen LogP contribution in [0, 0.1) is 0 Å². The van der Waals surface area contributed by atoms with E-state index in [0.717, 1.165) is 35.2 Å². The Morgan fingerprint density at radius 1 is 1.40 bits per heavy atom. The molecule has 0 aromatic heterocycles. The van der Waals surface area contributed by atoms with Gasteiger partial charge in [0.2, 0.25) is 5.91 Å². The minimum Gasteiger partial charge on any atom is -0.325 e. The SMILES string of the molecule is O=C1Nc2ccc(Br)cc2[C@]12CCNC2. The molecular formula is C11H11BrN2O. The molecule has 15 heavy (non-hydrogen) atoms. The van der Waals surface area contributed by atoms with Crippen LogP contribution in [0.15, 0.2) is 22.7 Å². The van der Waals surface area contributed by atoms with Crippen molar-refractivity contribution in [2.45, 2.75) is 11.8 Å². The van der Waals surface area contributed by atoms with Crippen molar-refractivity contribution in [3.8, 4) is 0 Å². The summed E-state index contributed by atoms with van der Waals surface area (Å²) in [6, 6.07) is 5.98. The Labute approximate surface area is 96.4 Å². The highest BCUT2D eigenvalue weighted by Gasteiger charge is 2.48. The van der Waals surface area contributed by atoms with Crippen molar-refractivity contribution in [1.29, 1.82) is 0 Å². The topological polar surface area (TPSA) is 41.1 Å². The summed E-state index contributed by atoms with van der Waals surface area (Å²) >= 11 is 3.46. The molecule has 78 valence electrons. The first-order valence-electron chi connectivity index (χ1n) is 5.05. The number of anilines is 1. The van der Waals surface area contributed by atoms with Crippen LogP contribution in [0.2, 0.25) is 0 Å². The molecule has 1 aromatic rings. The molecule has 3 rings (SSSR count). The van der Waals surface area contributed by atoms with Crippen molar-refractivity contribution in [2.75, 3.05) is 18.4 Å². The summed E-state index contributed by atoms with van der Waals surface area (Å²) in [6.45, 7) is 1.67. The van der Waals surface area contributed by atoms with Crippen molar-refractivity contribution >= 4 is 27.5 Å². The number of nitrogens with one attached hydrogen (secondary N) is 2. The maximum atomic E-state index is 12.0. The second-order valence-electron chi connectivity index (χ2n) is 4.15. The van der Waals surface area contributed by atoms with Crippen LogP contribution in [0.4, 0.5) is 5.69 Å². The first-order chi connectivity index (χ1) is 7.22. The number of hydrogen-bond donors (Lipinski definition) is 2. The lowest BCUT2D eigenvalue weighted by Gasteiger charge is -2.19. The largest absolute Gasteiger partial charge is 0.325 e. The Balaban J connectivity index is 2.19. The van der Waals surface area contributed by atoms with Gasteiger partial charge >= 0.3 is 0 Å². The Kier molecular flexibility index (Phi) is 1.91. The van der Waals surface area contributed by atoms with E-state index >= 15 is 0 Å². The monoisotopic (exact) mass is 266 g/mol. The van der Waals surface area contributed by atoms with Crippen LogP contribution in [0.5, 0.6) is 0 Å². The minimum absolute atomic E-state index is 0.139. The molecule has 1 saturated heterocycles. The van der Waals surface area contributed by atoms with E-state index in [-0.39, 0.29) is 11.3 Å². The van der Waals surface area contributed by atoms with Gasteiger partial charge in [0.25, 0.3) is 0 Å². The summed E-state index contributed by atoms with van der Waals surface area (Å²) in [6.07, 6.45) is 0.891. The highest BCUT2D eigenvalue weighted by atomic mass is 79.9. The molecule has 2 aliphatic heterocycles. The average Bonchev–Trinajstić information content (AvgIpc) is 2.78. The molecule has 0 saturated carbocycles. The Morgan fingerprint density at radius 2 is 2.27 bits per heavy atom. The minimum atomic E-state index is -0.320. The number of benzene rings is 1. The van der Waals surface area contributed by atoms with Crippen LogP contribution < -0.4 is 10.6 Å². The zero-order chi connectivity index (χ0) is 10.5. The molecule has 3 nitrogen and oxygen atoms in total. The normalized spacial score (nSPS) is 28.2. The van der Waals surface area contributed by atoms with Crippen LogP contribution in [0.25, 0.3) is 0 Å². The van der Waals surface area contributed by atoms with E-state index < -0.39 is 0 Å². The van der Waals surface area contributed by atoms with E-state index in [1.165, 1.54) is 0 Å². The second kappa shape index (κ2) is 3.06. The number of fused-ring (bicyclic) bond motifs is 2. The highest BCUT2D eigenvalue weighted by molar-refractivity contribution is 9.10. The van der Waals surface area contributed by atoms with Gasteiger partial charge in [0.05, 0.1) is 5.41 Å². The molecule has 1 aromatic carbocycles. The molecule has 1 amide bonds. The fraction of sp³-hybridized carbons (Fsp3) is 0.364. The highest BCUT2D eigenvalue weighted by Crippen LogP contribution is 2.42. The molecular weight excluding hydrogens is 256 g/mol. The summed E-state index contributed by atoms with van der Waals surface area (Å²) in [7, 11) is 0. The zero-order valence-corrected chi connectivity index (χ0v) is 9.73. The first-order valence-corrected chi connectivity index (χ1v) is 5.84. The molecule has 1 fully saturated rings. The van der Waals surface area contributed by atoms with E-state index in [4.69, 9.17) is 0 Å². The fourth-order valence-corrected chi connectivity index (χ4v) is 2.86. The van der Waals surface area contributed by atoms with Gasteiger partial charge in [0.1, 0.15) is 0 Å². The van der Waals surface area contributed by atoms with E-state index in [2.05, 4.69) is 32.6 Å². The predicted molar refractivity (Wildman–Crippen MR) is 61.9 cm³/mol. The van der Waals surface area contributed by atoms with Gasteiger partial charge in [-0.3, -0.25) is 4.79 Å². The summed E-state index contributed by atoms with van der Waals surface area (Å²) in [5.41, 5.74) is 1.78. The van der Waals surface area contributed by atoms with E-state index in [0.29, 0.717) is 0 Å². The third-order valence-corrected chi connectivity index (χ3v) is 3.83. The third kappa shape index (κ3) is 1.18. The smallest absolute Gasteiger partial charge is 0.236 e.